The third-order valence-corrected chi connectivity index (χ3v) is 9.78. The molecule has 0 unspecified atom stereocenters. The molecule has 0 heterocycles. The second kappa shape index (κ2) is 43.8. The lowest BCUT2D eigenvalue weighted by Crippen LogP contribution is -2.33. The Kier molecular flexibility index (Phi) is 42.0. The fourth-order valence-corrected chi connectivity index (χ4v) is 6.35. The summed E-state index contributed by atoms with van der Waals surface area (Å²) in [7, 11) is 0. The van der Waals surface area contributed by atoms with Gasteiger partial charge >= 0.3 is 18.5 Å². The first-order valence-corrected chi connectivity index (χ1v) is 22.9. The van der Waals surface area contributed by atoms with Crippen molar-refractivity contribution in [2.45, 2.75) is 181 Å². The van der Waals surface area contributed by atoms with Crippen molar-refractivity contribution in [1.29, 1.82) is 0 Å². The van der Waals surface area contributed by atoms with Crippen molar-refractivity contribution < 1.29 is 47.9 Å². The van der Waals surface area contributed by atoms with Gasteiger partial charge < -0.3 is 43.3 Å². The van der Waals surface area contributed by atoms with E-state index in [2.05, 4.69) is 30.6 Å². The number of hydrogen-bond acceptors (Lipinski definition) is 12. The number of carbonyl (C=O) groups excluding carboxylic acids is 3. The summed E-state index contributed by atoms with van der Waals surface area (Å²) in [6, 6.07) is 0. The SMILES string of the molecule is CCCCCCCCOC(=O)OCCCCN(CCO)CCCN(CCCCOC(=O)OCCCCCCCC)CCCCOC(=O)OCCCCCCCC. The topological polar surface area (TPSA) is 133 Å². The normalized spacial score (nSPS) is 11.2. The standard InChI is InChI=1S/C44H86N2O10/c1-4-7-10-13-16-22-36-51-42(48)54-39-25-19-29-45(30-20-26-40-55-43(49)52-37-23-17-14-11-8-5-2)32-28-33-46(34-35-47)31-21-27-41-56-44(50)53-38-24-18-15-12-9-6-3/h47H,4-41H2,1-3H3. The predicted octanol–water partition coefficient (Wildman–Crippen LogP) is 10.9. The summed E-state index contributed by atoms with van der Waals surface area (Å²) in [5, 5.41) is 9.67. The fourth-order valence-electron chi connectivity index (χ4n) is 6.35. The summed E-state index contributed by atoms with van der Waals surface area (Å²) >= 11 is 0. The molecular weight excluding hydrogens is 716 g/mol. The van der Waals surface area contributed by atoms with Gasteiger partial charge in [0.15, 0.2) is 0 Å². The summed E-state index contributed by atoms with van der Waals surface area (Å²) in [5.74, 6) is 0. The maximum atomic E-state index is 12.0. The van der Waals surface area contributed by atoms with E-state index in [0.29, 0.717) is 46.2 Å². The Bertz CT molecular complexity index is 826. The third kappa shape index (κ3) is 39.9. The van der Waals surface area contributed by atoms with Crippen LogP contribution in [0.4, 0.5) is 14.4 Å². The molecule has 0 aliphatic rings. The monoisotopic (exact) mass is 803 g/mol. The van der Waals surface area contributed by atoms with Crippen LogP contribution in [0, 0.1) is 0 Å². The Hall–Kier alpha value is -2.31. The molecule has 0 aromatic carbocycles. The maximum Gasteiger partial charge on any atom is 0.508 e. The van der Waals surface area contributed by atoms with Gasteiger partial charge in [-0.05, 0) is 96.9 Å². The van der Waals surface area contributed by atoms with Crippen LogP contribution in [0.1, 0.15) is 181 Å². The molecule has 0 fully saturated rings. The summed E-state index contributed by atoms with van der Waals surface area (Å²) in [6.07, 6.45) is 24.5. The zero-order valence-electron chi connectivity index (χ0n) is 36.4. The number of ether oxygens (including phenoxy) is 6. The van der Waals surface area contributed by atoms with Gasteiger partial charge in [-0.25, -0.2) is 14.4 Å². The number of nitrogens with zero attached hydrogens (tertiary/aromatic N) is 2. The molecular formula is C44H86N2O10. The molecule has 0 atom stereocenters. The van der Waals surface area contributed by atoms with Gasteiger partial charge in [0.1, 0.15) is 0 Å². The first kappa shape index (κ1) is 53.7. The lowest BCUT2D eigenvalue weighted by molar-refractivity contribution is 0.0513. The van der Waals surface area contributed by atoms with E-state index >= 15 is 0 Å². The fraction of sp³-hybridized carbons (Fsp3) is 0.932. The highest BCUT2D eigenvalue weighted by molar-refractivity contribution is 5.60. The van der Waals surface area contributed by atoms with Gasteiger partial charge in [-0.15, -0.1) is 0 Å². The quantitative estimate of drug-likeness (QED) is 0.0358. The summed E-state index contributed by atoms with van der Waals surface area (Å²) in [4.78, 5) is 40.5. The highest BCUT2D eigenvalue weighted by Crippen LogP contribution is 2.09. The van der Waals surface area contributed by atoms with Crippen LogP contribution in [-0.2, 0) is 28.4 Å². The van der Waals surface area contributed by atoms with Crippen LogP contribution in [0.5, 0.6) is 0 Å². The summed E-state index contributed by atoms with van der Waals surface area (Å²) in [5.41, 5.74) is 0. The van der Waals surface area contributed by atoms with Gasteiger partial charge in [-0.3, -0.25) is 0 Å². The van der Waals surface area contributed by atoms with E-state index in [1.54, 1.807) is 0 Å². The number of unbranched alkanes of at least 4 members (excludes halogenated alkanes) is 18. The zero-order valence-corrected chi connectivity index (χ0v) is 36.4. The van der Waals surface area contributed by atoms with E-state index in [-0.39, 0.29) is 6.61 Å². The summed E-state index contributed by atoms with van der Waals surface area (Å²) < 4.78 is 31.5. The van der Waals surface area contributed by atoms with Crippen LogP contribution in [0.2, 0.25) is 0 Å². The van der Waals surface area contributed by atoms with Crippen molar-refractivity contribution in [3.63, 3.8) is 0 Å². The van der Waals surface area contributed by atoms with Crippen molar-refractivity contribution in [3.05, 3.63) is 0 Å². The third-order valence-electron chi connectivity index (χ3n) is 9.78. The molecule has 0 aromatic heterocycles. The van der Waals surface area contributed by atoms with E-state index in [0.717, 1.165) is 116 Å². The second-order valence-electron chi connectivity index (χ2n) is 15.0. The Balaban J connectivity index is 4.49. The molecule has 12 heteroatoms. The average Bonchev–Trinajstić information content (AvgIpc) is 3.19. The van der Waals surface area contributed by atoms with Crippen LogP contribution in [-0.4, -0.2) is 119 Å². The van der Waals surface area contributed by atoms with Gasteiger partial charge in [0, 0.05) is 6.54 Å². The molecule has 0 radical (unpaired) electrons. The minimum Gasteiger partial charge on any atom is -0.434 e. The molecule has 332 valence electrons. The predicted molar refractivity (Wildman–Crippen MR) is 224 cm³/mol. The first-order chi connectivity index (χ1) is 27.5. The number of aliphatic hydroxyl groups excluding tert-OH is 1. The van der Waals surface area contributed by atoms with Gasteiger partial charge in [-0.2, -0.15) is 0 Å². The van der Waals surface area contributed by atoms with E-state index in [9.17, 15) is 19.5 Å². The molecule has 56 heavy (non-hydrogen) atoms. The van der Waals surface area contributed by atoms with E-state index < -0.39 is 18.5 Å². The van der Waals surface area contributed by atoms with Crippen molar-refractivity contribution in [2.24, 2.45) is 0 Å². The Morgan fingerprint density at radius 2 is 0.554 bits per heavy atom. The lowest BCUT2D eigenvalue weighted by Gasteiger charge is -2.25. The molecule has 1 N–H and O–H groups in total. The molecule has 0 bridgehead atoms. The van der Waals surface area contributed by atoms with Crippen molar-refractivity contribution >= 4 is 18.5 Å². The summed E-state index contributed by atoms with van der Waals surface area (Å²) in [6.45, 7) is 13.8. The maximum absolute atomic E-state index is 12.0. The molecule has 0 amide bonds. The Morgan fingerprint density at radius 3 is 0.839 bits per heavy atom. The molecule has 0 rings (SSSR count). The lowest BCUT2D eigenvalue weighted by atomic mass is 10.1. The molecule has 0 saturated heterocycles. The van der Waals surface area contributed by atoms with E-state index in [1.807, 2.05) is 0 Å². The largest absolute Gasteiger partial charge is 0.508 e. The number of carbonyl (C=O) groups is 3. The number of rotatable bonds is 42. The van der Waals surface area contributed by atoms with Crippen molar-refractivity contribution in [1.82, 2.24) is 9.80 Å². The van der Waals surface area contributed by atoms with E-state index in [4.69, 9.17) is 28.4 Å². The first-order valence-electron chi connectivity index (χ1n) is 22.9. The van der Waals surface area contributed by atoms with Crippen molar-refractivity contribution in [2.75, 3.05) is 85.5 Å². The second-order valence-corrected chi connectivity index (χ2v) is 15.0. The average molecular weight is 803 g/mol. The van der Waals surface area contributed by atoms with Gasteiger partial charge in [-0.1, -0.05) is 117 Å². The molecule has 12 nitrogen and oxygen atoms in total. The minimum absolute atomic E-state index is 0.0910. The van der Waals surface area contributed by atoms with Crippen molar-refractivity contribution in [3.8, 4) is 0 Å². The molecule has 0 aliphatic heterocycles. The smallest absolute Gasteiger partial charge is 0.434 e. The molecule has 0 spiro atoms. The number of aliphatic hydroxyl groups is 1. The Morgan fingerprint density at radius 1 is 0.321 bits per heavy atom. The molecule has 0 aromatic rings. The van der Waals surface area contributed by atoms with Crippen LogP contribution >= 0.6 is 0 Å². The van der Waals surface area contributed by atoms with Gasteiger partial charge in [0.05, 0.1) is 46.2 Å². The minimum atomic E-state index is -0.587. The van der Waals surface area contributed by atoms with Crippen LogP contribution in [0.15, 0.2) is 0 Å². The van der Waals surface area contributed by atoms with Crippen LogP contribution in [0.25, 0.3) is 0 Å². The molecule has 0 saturated carbocycles. The van der Waals surface area contributed by atoms with Gasteiger partial charge in [0.25, 0.3) is 0 Å². The van der Waals surface area contributed by atoms with Gasteiger partial charge in [0.2, 0.25) is 0 Å². The zero-order chi connectivity index (χ0) is 41.0. The van der Waals surface area contributed by atoms with Crippen LogP contribution < -0.4 is 0 Å². The van der Waals surface area contributed by atoms with Crippen LogP contribution in [0.3, 0.4) is 0 Å². The highest BCUT2D eigenvalue weighted by atomic mass is 16.7. The Labute approximate surface area is 342 Å². The molecule has 0 aliphatic carbocycles. The van der Waals surface area contributed by atoms with E-state index in [1.165, 1.54) is 77.0 Å². The number of hydrogen-bond donors (Lipinski definition) is 1. The highest BCUT2D eigenvalue weighted by Gasteiger charge is 2.11.